The Morgan fingerprint density at radius 1 is 1.45 bits per heavy atom. The fraction of sp³-hybridized carbons (Fsp3) is 0.417. The predicted molar refractivity (Wildman–Crippen MR) is 72.5 cm³/mol. The van der Waals surface area contributed by atoms with E-state index < -0.39 is 14.9 Å². The molecule has 0 aromatic heterocycles. The van der Waals surface area contributed by atoms with Gasteiger partial charge in [0.15, 0.2) is 0 Å². The van der Waals surface area contributed by atoms with Gasteiger partial charge in [0.2, 0.25) is 10.0 Å². The average Bonchev–Trinajstić information content (AvgIpc) is 2.38. The van der Waals surface area contributed by atoms with Gasteiger partial charge in [0.1, 0.15) is 6.54 Å². The van der Waals surface area contributed by atoms with Crippen molar-refractivity contribution < 1.29 is 13.3 Å². The first-order valence-electron chi connectivity index (χ1n) is 5.97. The van der Waals surface area contributed by atoms with Crippen LogP contribution in [0.25, 0.3) is 0 Å². The van der Waals surface area contributed by atoms with E-state index in [-0.39, 0.29) is 29.2 Å². The quantitative estimate of drug-likeness (QED) is 0.452. The number of hydrogen-bond donors (Lipinski definition) is 0. The Balaban J connectivity index is 3.38. The van der Waals surface area contributed by atoms with Crippen molar-refractivity contribution in [3.8, 4) is 6.07 Å². The van der Waals surface area contributed by atoms with Crippen molar-refractivity contribution in [1.29, 1.82) is 5.26 Å². The van der Waals surface area contributed by atoms with E-state index in [1.165, 1.54) is 25.1 Å². The average molecular weight is 297 g/mol. The number of nitrogens with zero attached hydrogens (tertiary/aromatic N) is 3. The second-order valence-electron chi connectivity index (χ2n) is 4.15. The molecule has 0 atom stereocenters. The van der Waals surface area contributed by atoms with Gasteiger partial charge in [-0.15, -0.1) is 0 Å². The Morgan fingerprint density at radius 3 is 2.60 bits per heavy atom. The topological polar surface area (TPSA) is 104 Å². The van der Waals surface area contributed by atoms with Crippen LogP contribution < -0.4 is 0 Å². The first-order chi connectivity index (χ1) is 9.36. The molecule has 1 rings (SSSR count). The highest BCUT2D eigenvalue weighted by Crippen LogP contribution is 2.27. The number of nitro groups is 1. The van der Waals surface area contributed by atoms with Crippen LogP contribution in [-0.2, 0) is 10.0 Å². The normalized spacial score (nSPS) is 11.3. The molecule has 8 heteroatoms. The summed E-state index contributed by atoms with van der Waals surface area (Å²) in [5.41, 5.74) is -0.170. The van der Waals surface area contributed by atoms with Crippen LogP contribution in [0.4, 0.5) is 5.69 Å². The molecule has 0 N–H and O–H groups in total. The largest absolute Gasteiger partial charge is 0.273 e. The Bertz CT molecular complexity index is 649. The maximum atomic E-state index is 12.5. The lowest BCUT2D eigenvalue weighted by molar-refractivity contribution is -0.385. The Morgan fingerprint density at radius 2 is 2.10 bits per heavy atom. The highest BCUT2D eigenvalue weighted by molar-refractivity contribution is 7.89. The fourth-order valence-electron chi connectivity index (χ4n) is 1.83. The predicted octanol–water partition coefficient (Wildman–Crippen LogP) is 1.83. The van der Waals surface area contributed by atoms with E-state index in [1.807, 2.05) is 0 Å². The van der Waals surface area contributed by atoms with Gasteiger partial charge < -0.3 is 0 Å². The summed E-state index contributed by atoms with van der Waals surface area (Å²) < 4.78 is 25.9. The maximum absolute atomic E-state index is 12.5. The second-order valence-corrected chi connectivity index (χ2v) is 6.06. The summed E-state index contributed by atoms with van der Waals surface area (Å²) in [5, 5.41) is 19.6. The smallest absolute Gasteiger partial charge is 0.258 e. The maximum Gasteiger partial charge on any atom is 0.273 e. The summed E-state index contributed by atoms with van der Waals surface area (Å²) in [4.78, 5) is 10.1. The van der Waals surface area contributed by atoms with Gasteiger partial charge in [-0.1, -0.05) is 13.0 Å². The Labute approximate surface area is 117 Å². The molecule has 0 unspecified atom stereocenters. The number of rotatable bonds is 6. The molecule has 0 radical (unpaired) electrons. The molecule has 7 nitrogen and oxygen atoms in total. The first-order valence-corrected chi connectivity index (χ1v) is 7.41. The van der Waals surface area contributed by atoms with Crippen molar-refractivity contribution in [2.24, 2.45) is 0 Å². The van der Waals surface area contributed by atoms with E-state index in [0.717, 1.165) is 4.31 Å². The van der Waals surface area contributed by atoms with E-state index in [0.29, 0.717) is 6.42 Å². The standard InChI is InChI=1S/C12H15N3O4S/c1-3-8-14(9-7-13)20(18,19)12-6-4-5-11(10(12)2)15(16)17/h4-6H,3,8-9H2,1-2H3. The third-order valence-corrected chi connectivity index (χ3v) is 4.78. The number of sulfonamides is 1. The van der Waals surface area contributed by atoms with Gasteiger partial charge >= 0.3 is 0 Å². The Hall–Kier alpha value is -1.98. The molecule has 1 aromatic rings. The van der Waals surface area contributed by atoms with E-state index in [4.69, 9.17) is 5.26 Å². The summed E-state index contributed by atoms with van der Waals surface area (Å²) in [6.07, 6.45) is 0.550. The molecular formula is C12H15N3O4S. The third-order valence-electron chi connectivity index (χ3n) is 2.79. The van der Waals surface area contributed by atoms with Gasteiger partial charge in [-0.25, -0.2) is 8.42 Å². The zero-order valence-corrected chi connectivity index (χ0v) is 12.1. The van der Waals surface area contributed by atoms with Gasteiger partial charge in [-0.2, -0.15) is 9.57 Å². The van der Waals surface area contributed by atoms with Crippen LogP contribution in [0, 0.1) is 28.4 Å². The van der Waals surface area contributed by atoms with Crippen molar-refractivity contribution in [2.45, 2.75) is 25.2 Å². The fourth-order valence-corrected chi connectivity index (χ4v) is 3.50. The third kappa shape index (κ3) is 3.12. The van der Waals surface area contributed by atoms with Crippen LogP contribution in [0.3, 0.4) is 0 Å². The van der Waals surface area contributed by atoms with E-state index in [1.54, 1.807) is 13.0 Å². The lowest BCUT2D eigenvalue weighted by Gasteiger charge is -2.19. The molecular weight excluding hydrogens is 282 g/mol. The molecule has 0 saturated heterocycles. The van der Waals surface area contributed by atoms with E-state index in [2.05, 4.69) is 0 Å². The van der Waals surface area contributed by atoms with E-state index in [9.17, 15) is 18.5 Å². The molecule has 0 bridgehead atoms. The Kier molecular flexibility index (Phi) is 5.19. The van der Waals surface area contributed by atoms with Crippen molar-refractivity contribution in [3.63, 3.8) is 0 Å². The van der Waals surface area contributed by atoms with Gasteiger partial charge in [0.25, 0.3) is 5.69 Å². The molecule has 0 amide bonds. The minimum absolute atomic E-state index is 0.0801. The van der Waals surface area contributed by atoms with Crippen LogP contribution >= 0.6 is 0 Å². The summed E-state index contributed by atoms with van der Waals surface area (Å²) in [5.74, 6) is 0. The minimum Gasteiger partial charge on any atom is -0.258 e. The first kappa shape index (κ1) is 16.1. The SMILES string of the molecule is CCCN(CC#N)S(=O)(=O)c1cccc([N+](=O)[O-])c1C. The number of nitro benzene ring substituents is 1. The molecule has 0 fully saturated rings. The van der Waals surface area contributed by atoms with Gasteiger partial charge in [0, 0.05) is 18.2 Å². The van der Waals surface area contributed by atoms with Gasteiger partial charge in [-0.05, 0) is 19.4 Å². The highest BCUT2D eigenvalue weighted by Gasteiger charge is 2.28. The number of benzene rings is 1. The lowest BCUT2D eigenvalue weighted by atomic mass is 10.2. The van der Waals surface area contributed by atoms with Crippen molar-refractivity contribution in [2.75, 3.05) is 13.1 Å². The van der Waals surface area contributed by atoms with Crippen molar-refractivity contribution in [1.82, 2.24) is 4.31 Å². The molecule has 0 aliphatic heterocycles. The summed E-state index contributed by atoms with van der Waals surface area (Å²) in [6, 6.07) is 5.70. The molecule has 0 aliphatic carbocycles. The van der Waals surface area contributed by atoms with Crippen LogP contribution in [0.1, 0.15) is 18.9 Å². The summed E-state index contributed by atoms with van der Waals surface area (Å²) >= 11 is 0. The van der Waals surface area contributed by atoms with Crippen LogP contribution in [0.2, 0.25) is 0 Å². The number of nitriles is 1. The molecule has 108 valence electrons. The van der Waals surface area contributed by atoms with Crippen molar-refractivity contribution in [3.05, 3.63) is 33.9 Å². The van der Waals surface area contributed by atoms with Gasteiger partial charge in [0.05, 0.1) is 15.9 Å². The minimum atomic E-state index is -3.91. The monoisotopic (exact) mass is 297 g/mol. The second kappa shape index (κ2) is 6.45. The molecule has 0 spiro atoms. The summed E-state index contributed by atoms with van der Waals surface area (Å²) in [7, 11) is -3.91. The van der Waals surface area contributed by atoms with Crippen LogP contribution in [0.15, 0.2) is 23.1 Å². The zero-order chi connectivity index (χ0) is 15.3. The summed E-state index contributed by atoms with van der Waals surface area (Å²) in [6.45, 7) is 3.10. The van der Waals surface area contributed by atoms with Crippen LogP contribution in [-0.4, -0.2) is 30.7 Å². The zero-order valence-electron chi connectivity index (χ0n) is 11.2. The van der Waals surface area contributed by atoms with E-state index >= 15 is 0 Å². The van der Waals surface area contributed by atoms with Gasteiger partial charge in [-0.3, -0.25) is 10.1 Å². The number of hydrogen-bond acceptors (Lipinski definition) is 5. The molecule has 1 aromatic carbocycles. The molecule has 20 heavy (non-hydrogen) atoms. The lowest BCUT2D eigenvalue weighted by Crippen LogP contribution is -2.32. The van der Waals surface area contributed by atoms with Crippen molar-refractivity contribution >= 4 is 15.7 Å². The highest BCUT2D eigenvalue weighted by atomic mass is 32.2. The molecule has 0 heterocycles. The molecule has 0 aliphatic rings. The van der Waals surface area contributed by atoms with Crippen LogP contribution in [0.5, 0.6) is 0 Å². The molecule has 0 saturated carbocycles.